The highest BCUT2D eigenvalue weighted by Gasteiger charge is 2.55. The summed E-state index contributed by atoms with van der Waals surface area (Å²) in [5, 5.41) is 0. The summed E-state index contributed by atoms with van der Waals surface area (Å²) in [5.41, 5.74) is 7.38. The molecular weight excluding hydrogens is 208 g/mol. The van der Waals surface area contributed by atoms with E-state index in [1.54, 1.807) is 0 Å². The molecule has 1 unspecified atom stereocenters. The smallest absolute Gasteiger partial charge is 0.0357 e. The largest absolute Gasteiger partial charge is 0.329 e. The van der Waals surface area contributed by atoms with Crippen LogP contribution in [0.4, 0.5) is 0 Å². The molecule has 0 radical (unpaired) electrons. The van der Waals surface area contributed by atoms with Crippen LogP contribution in [-0.2, 0) is 0 Å². The lowest BCUT2D eigenvalue weighted by atomic mass is 9.81. The molecule has 1 atom stereocenters. The van der Waals surface area contributed by atoms with Crippen LogP contribution in [-0.4, -0.2) is 30.1 Å². The van der Waals surface area contributed by atoms with Crippen LogP contribution in [0.25, 0.3) is 0 Å². The minimum absolute atomic E-state index is 0.230. The average Bonchev–Trinajstić information content (AvgIpc) is 3.03. The first-order valence-electron chi connectivity index (χ1n) is 7.28. The maximum Gasteiger partial charge on any atom is 0.0357 e. The molecule has 1 saturated carbocycles. The number of rotatable bonds is 3. The van der Waals surface area contributed by atoms with E-state index >= 15 is 0 Å². The van der Waals surface area contributed by atoms with Gasteiger partial charge < -0.3 is 5.73 Å². The first-order valence-corrected chi connectivity index (χ1v) is 7.28. The van der Waals surface area contributed by atoms with Crippen molar-refractivity contribution in [2.75, 3.05) is 19.6 Å². The SMILES string of the molecule is CC1(C)CCCN(C(C)(CN)C2(C)CC2)CC1. The van der Waals surface area contributed by atoms with Gasteiger partial charge in [-0.15, -0.1) is 0 Å². The molecule has 2 N–H and O–H groups in total. The Balaban J connectivity index is 2.10. The van der Waals surface area contributed by atoms with Crippen molar-refractivity contribution in [2.24, 2.45) is 16.6 Å². The summed E-state index contributed by atoms with van der Waals surface area (Å²) in [7, 11) is 0. The van der Waals surface area contributed by atoms with E-state index < -0.39 is 0 Å². The minimum Gasteiger partial charge on any atom is -0.329 e. The second-order valence-electron chi connectivity index (χ2n) is 7.54. The zero-order valence-electron chi connectivity index (χ0n) is 12.2. The van der Waals surface area contributed by atoms with E-state index in [1.807, 2.05) is 0 Å². The zero-order chi connectivity index (χ0) is 12.7. The van der Waals surface area contributed by atoms with Crippen LogP contribution in [0.5, 0.6) is 0 Å². The molecular formula is C15H30N2. The standard InChI is InChI=1S/C15H30N2/c1-13(2)6-5-10-17(11-9-13)15(4,12-16)14(3)7-8-14/h5-12,16H2,1-4H3. The van der Waals surface area contributed by atoms with Gasteiger partial charge in [-0.05, 0) is 62.9 Å². The van der Waals surface area contributed by atoms with Crippen LogP contribution in [0.1, 0.15) is 59.8 Å². The lowest BCUT2D eigenvalue weighted by Crippen LogP contribution is -2.57. The molecule has 2 nitrogen and oxygen atoms in total. The first-order chi connectivity index (χ1) is 7.83. The summed E-state index contributed by atoms with van der Waals surface area (Å²) in [5.74, 6) is 0. The van der Waals surface area contributed by atoms with Gasteiger partial charge in [-0.3, -0.25) is 4.90 Å². The number of likely N-dealkylation sites (tertiary alicyclic amines) is 1. The molecule has 1 saturated heterocycles. The molecule has 2 fully saturated rings. The molecule has 0 aromatic heterocycles. The molecule has 0 aromatic rings. The highest BCUT2D eigenvalue weighted by molar-refractivity contribution is 5.10. The highest BCUT2D eigenvalue weighted by Crippen LogP contribution is 2.56. The van der Waals surface area contributed by atoms with Crippen molar-refractivity contribution < 1.29 is 0 Å². The average molecular weight is 238 g/mol. The van der Waals surface area contributed by atoms with E-state index in [0.29, 0.717) is 10.8 Å². The van der Waals surface area contributed by atoms with Crippen molar-refractivity contribution in [1.29, 1.82) is 0 Å². The third kappa shape index (κ3) is 2.39. The molecule has 17 heavy (non-hydrogen) atoms. The van der Waals surface area contributed by atoms with Gasteiger partial charge in [0.2, 0.25) is 0 Å². The Bertz CT molecular complexity index is 281. The van der Waals surface area contributed by atoms with E-state index in [0.717, 1.165) is 6.54 Å². The number of nitrogens with two attached hydrogens (primary N) is 1. The molecule has 1 aliphatic carbocycles. The number of nitrogens with zero attached hydrogens (tertiary/aromatic N) is 1. The first kappa shape index (κ1) is 13.4. The lowest BCUT2D eigenvalue weighted by molar-refractivity contribution is 0.0482. The maximum absolute atomic E-state index is 6.14. The van der Waals surface area contributed by atoms with Crippen LogP contribution in [0.3, 0.4) is 0 Å². The van der Waals surface area contributed by atoms with Crippen LogP contribution in [0.2, 0.25) is 0 Å². The van der Waals surface area contributed by atoms with Crippen LogP contribution >= 0.6 is 0 Å². The fourth-order valence-corrected chi connectivity index (χ4v) is 3.40. The van der Waals surface area contributed by atoms with Gasteiger partial charge in [-0.25, -0.2) is 0 Å². The second kappa shape index (κ2) is 4.24. The van der Waals surface area contributed by atoms with Gasteiger partial charge in [0.25, 0.3) is 0 Å². The molecule has 2 aliphatic rings. The van der Waals surface area contributed by atoms with Crippen molar-refractivity contribution in [3.05, 3.63) is 0 Å². The zero-order valence-corrected chi connectivity index (χ0v) is 12.2. The molecule has 0 bridgehead atoms. The Labute approximate surface area is 107 Å². The summed E-state index contributed by atoms with van der Waals surface area (Å²) in [4.78, 5) is 2.70. The highest BCUT2D eigenvalue weighted by atomic mass is 15.2. The summed E-state index contributed by atoms with van der Waals surface area (Å²) in [6.07, 6.45) is 6.74. The Hall–Kier alpha value is -0.0800. The third-order valence-electron chi connectivity index (χ3n) is 5.74. The van der Waals surface area contributed by atoms with Crippen molar-refractivity contribution >= 4 is 0 Å². The fourth-order valence-electron chi connectivity index (χ4n) is 3.40. The van der Waals surface area contributed by atoms with E-state index in [1.165, 1.54) is 45.2 Å². The van der Waals surface area contributed by atoms with Gasteiger partial charge in [0, 0.05) is 12.1 Å². The quantitative estimate of drug-likeness (QED) is 0.819. The second-order valence-corrected chi connectivity index (χ2v) is 7.54. The van der Waals surface area contributed by atoms with Crippen LogP contribution in [0, 0.1) is 10.8 Å². The predicted molar refractivity (Wildman–Crippen MR) is 74.0 cm³/mol. The summed E-state index contributed by atoms with van der Waals surface area (Å²) < 4.78 is 0. The van der Waals surface area contributed by atoms with Crippen LogP contribution < -0.4 is 5.73 Å². The van der Waals surface area contributed by atoms with E-state index in [-0.39, 0.29) is 5.54 Å². The van der Waals surface area contributed by atoms with E-state index in [9.17, 15) is 0 Å². The molecule has 2 rings (SSSR count). The fraction of sp³-hybridized carbons (Fsp3) is 1.00. The van der Waals surface area contributed by atoms with Gasteiger partial charge in [0.05, 0.1) is 0 Å². The number of hydrogen-bond donors (Lipinski definition) is 1. The monoisotopic (exact) mass is 238 g/mol. The normalized spacial score (nSPS) is 31.6. The van der Waals surface area contributed by atoms with Crippen molar-refractivity contribution in [2.45, 2.75) is 65.3 Å². The Morgan fingerprint density at radius 3 is 2.24 bits per heavy atom. The van der Waals surface area contributed by atoms with Gasteiger partial charge in [-0.1, -0.05) is 20.8 Å². The third-order valence-corrected chi connectivity index (χ3v) is 5.74. The van der Waals surface area contributed by atoms with Gasteiger partial charge in [0.1, 0.15) is 0 Å². The molecule has 1 heterocycles. The summed E-state index contributed by atoms with van der Waals surface area (Å²) >= 11 is 0. The molecule has 0 spiro atoms. The predicted octanol–water partition coefficient (Wildman–Crippen LogP) is 3.02. The summed E-state index contributed by atoms with van der Waals surface area (Å²) in [6.45, 7) is 12.9. The van der Waals surface area contributed by atoms with E-state index in [2.05, 4.69) is 32.6 Å². The molecule has 100 valence electrons. The Morgan fingerprint density at radius 2 is 1.71 bits per heavy atom. The minimum atomic E-state index is 0.230. The van der Waals surface area contributed by atoms with Gasteiger partial charge in [0.15, 0.2) is 0 Å². The molecule has 0 amide bonds. The van der Waals surface area contributed by atoms with Crippen molar-refractivity contribution in [3.8, 4) is 0 Å². The summed E-state index contributed by atoms with van der Waals surface area (Å²) in [6, 6.07) is 0. The van der Waals surface area contributed by atoms with Gasteiger partial charge >= 0.3 is 0 Å². The van der Waals surface area contributed by atoms with Crippen molar-refractivity contribution in [1.82, 2.24) is 4.90 Å². The van der Waals surface area contributed by atoms with Crippen molar-refractivity contribution in [3.63, 3.8) is 0 Å². The topological polar surface area (TPSA) is 29.3 Å². The maximum atomic E-state index is 6.14. The Kier molecular flexibility index (Phi) is 3.33. The van der Waals surface area contributed by atoms with Gasteiger partial charge in [-0.2, -0.15) is 0 Å². The van der Waals surface area contributed by atoms with Crippen LogP contribution in [0.15, 0.2) is 0 Å². The Morgan fingerprint density at radius 1 is 1.06 bits per heavy atom. The molecule has 1 aliphatic heterocycles. The molecule has 0 aromatic carbocycles. The molecule has 2 heteroatoms. The lowest BCUT2D eigenvalue weighted by Gasteiger charge is -2.45. The van der Waals surface area contributed by atoms with E-state index in [4.69, 9.17) is 5.73 Å². The number of hydrogen-bond acceptors (Lipinski definition) is 2.